The van der Waals surface area contributed by atoms with Gasteiger partial charge >= 0.3 is 0 Å². The molecule has 1 aromatic rings. The van der Waals surface area contributed by atoms with Gasteiger partial charge in [0.2, 0.25) is 0 Å². The van der Waals surface area contributed by atoms with Crippen LogP contribution in [0.5, 0.6) is 0 Å². The second-order valence-electron chi connectivity index (χ2n) is 3.08. The lowest BCUT2D eigenvalue weighted by atomic mass is 10.3. The van der Waals surface area contributed by atoms with Gasteiger partial charge in [0.15, 0.2) is 0 Å². The molecule has 0 heterocycles. The molecule has 0 aromatic heterocycles. The third-order valence-electron chi connectivity index (χ3n) is 1.94. The summed E-state index contributed by atoms with van der Waals surface area (Å²) in [5.74, 6) is 0. The van der Waals surface area contributed by atoms with E-state index >= 15 is 0 Å². The number of rotatable bonds is 5. The fourth-order valence-corrected chi connectivity index (χ4v) is 1.96. The van der Waals surface area contributed by atoms with Crippen LogP contribution in [0.1, 0.15) is 12.8 Å². The quantitative estimate of drug-likeness (QED) is 0.637. The van der Waals surface area contributed by atoms with Crippen LogP contribution < -0.4 is 5.32 Å². The molecule has 0 aliphatic heterocycles. The van der Waals surface area contributed by atoms with Gasteiger partial charge in [-0.2, -0.15) is 0 Å². The van der Waals surface area contributed by atoms with E-state index in [-0.39, 0.29) is 6.61 Å². The molecule has 0 spiro atoms. The zero-order valence-corrected chi connectivity index (χ0v) is 11.2. The van der Waals surface area contributed by atoms with Crippen LogP contribution >= 0.6 is 39.1 Å². The first-order valence-corrected chi connectivity index (χ1v) is 6.20. The van der Waals surface area contributed by atoms with Crippen molar-refractivity contribution in [3.63, 3.8) is 0 Å². The van der Waals surface area contributed by atoms with Crippen LogP contribution in [0.4, 0.5) is 5.69 Å². The Morgan fingerprint density at radius 1 is 1.20 bits per heavy atom. The summed E-state index contributed by atoms with van der Waals surface area (Å²) < 4.78 is 0.787. The van der Waals surface area contributed by atoms with Gasteiger partial charge in [0.05, 0.1) is 15.7 Å². The van der Waals surface area contributed by atoms with Crippen LogP contribution in [0.15, 0.2) is 16.6 Å². The normalized spacial score (nSPS) is 10.4. The molecule has 0 aliphatic carbocycles. The predicted molar refractivity (Wildman–Crippen MR) is 69.0 cm³/mol. The molecule has 15 heavy (non-hydrogen) atoms. The summed E-state index contributed by atoms with van der Waals surface area (Å²) in [5, 5.41) is 12.8. The van der Waals surface area contributed by atoms with Gasteiger partial charge < -0.3 is 10.4 Å². The van der Waals surface area contributed by atoms with E-state index in [0.717, 1.165) is 29.5 Å². The molecule has 1 aromatic carbocycles. The maximum atomic E-state index is 8.62. The van der Waals surface area contributed by atoms with Gasteiger partial charge in [-0.3, -0.25) is 0 Å². The molecule has 5 heteroatoms. The Balaban J connectivity index is 2.58. The highest BCUT2D eigenvalue weighted by atomic mass is 79.9. The first-order chi connectivity index (χ1) is 7.16. The Labute approximate surface area is 108 Å². The minimum atomic E-state index is 0.219. The maximum absolute atomic E-state index is 8.62. The van der Waals surface area contributed by atoms with E-state index < -0.39 is 0 Å². The number of unbranched alkanes of at least 4 members (excludes halogenated alkanes) is 1. The first-order valence-electron chi connectivity index (χ1n) is 4.65. The number of benzene rings is 1. The highest BCUT2D eigenvalue weighted by Crippen LogP contribution is 2.35. The largest absolute Gasteiger partial charge is 0.396 e. The van der Waals surface area contributed by atoms with E-state index in [0.29, 0.717) is 10.0 Å². The lowest BCUT2D eigenvalue weighted by Gasteiger charge is -2.09. The van der Waals surface area contributed by atoms with Crippen molar-refractivity contribution in [2.45, 2.75) is 12.8 Å². The van der Waals surface area contributed by atoms with Gasteiger partial charge in [0.1, 0.15) is 0 Å². The minimum absolute atomic E-state index is 0.219. The van der Waals surface area contributed by atoms with Crippen molar-refractivity contribution in [3.8, 4) is 0 Å². The molecule has 0 atom stereocenters. The van der Waals surface area contributed by atoms with Gasteiger partial charge in [0.25, 0.3) is 0 Å². The minimum Gasteiger partial charge on any atom is -0.396 e. The van der Waals surface area contributed by atoms with Gasteiger partial charge in [-0.25, -0.2) is 0 Å². The second-order valence-corrected chi connectivity index (χ2v) is 4.69. The molecule has 0 unspecified atom stereocenters. The summed E-state index contributed by atoms with van der Waals surface area (Å²) in [5.41, 5.74) is 0.822. The molecular weight excluding hydrogens is 301 g/mol. The van der Waals surface area contributed by atoms with E-state index in [4.69, 9.17) is 28.3 Å². The third-order valence-corrected chi connectivity index (χ3v) is 3.71. The molecule has 0 fully saturated rings. The van der Waals surface area contributed by atoms with Crippen molar-refractivity contribution in [1.29, 1.82) is 0 Å². The Morgan fingerprint density at radius 2 is 1.93 bits per heavy atom. The Hall–Kier alpha value is 0.0400. The van der Waals surface area contributed by atoms with Crippen molar-refractivity contribution in [2.75, 3.05) is 18.5 Å². The van der Waals surface area contributed by atoms with Crippen LogP contribution in [-0.2, 0) is 0 Å². The van der Waals surface area contributed by atoms with Crippen molar-refractivity contribution in [2.24, 2.45) is 0 Å². The standard InChI is InChI=1S/C10H12BrCl2NO/c11-7-3-4-8(10(13)9(7)12)14-5-1-2-6-15/h3-4,14-15H,1-2,5-6H2. The van der Waals surface area contributed by atoms with E-state index in [2.05, 4.69) is 21.2 Å². The van der Waals surface area contributed by atoms with Gasteiger partial charge in [-0.05, 0) is 40.9 Å². The summed E-state index contributed by atoms with van der Waals surface area (Å²) in [6.45, 7) is 0.995. The van der Waals surface area contributed by atoms with E-state index in [9.17, 15) is 0 Å². The molecule has 0 aliphatic rings. The molecule has 2 N–H and O–H groups in total. The number of aliphatic hydroxyl groups is 1. The molecule has 0 saturated heterocycles. The number of hydrogen-bond acceptors (Lipinski definition) is 2. The number of nitrogens with one attached hydrogen (secondary N) is 1. The van der Waals surface area contributed by atoms with Crippen LogP contribution in [0.2, 0.25) is 10.0 Å². The van der Waals surface area contributed by atoms with Crippen molar-refractivity contribution < 1.29 is 5.11 Å². The van der Waals surface area contributed by atoms with Crippen LogP contribution in [-0.4, -0.2) is 18.3 Å². The lowest BCUT2D eigenvalue weighted by molar-refractivity contribution is 0.286. The number of hydrogen-bond donors (Lipinski definition) is 2. The molecule has 0 saturated carbocycles. The van der Waals surface area contributed by atoms with E-state index in [1.165, 1.54) is 0 Å². The van der Waals surface area contributed by atoms with Gasteiger partial charge in [-0.15, -0.1) is 0 Å². The highest BCUT2D eigenvalue weighted by molar-refractivity contribution is 9.10. The smallest absolute Gasteiger partial charge is 0.0835 e. The third kappa shape index (κ3) is 3.83. The van der Waals surface area contributed by atoms with Crippen molar-refractivity contribution in [1.82, 2.24) is 0 Å². The fourth-order valence-electron chi connectivity index (χ4n) is 1.12. The fraction of sp³-hybridized carbons (Fsp3) is 0.400. The predicted octanol–water partition coefficient (Wildman–Crippen LogP) is 3.94. The number of halogens is 3. The van der Waals surface area contributed by atoms with Crippen LogP contribution in [0.3, 0.4) is 0 Å². The average molecular weight is 313 g/mol. The summed E-state index contributed by atoms with van der Waals surface area (Å²) in [6, 6.07) is 3.72. The monoisotopic (exact) mass is 311 g/mol. The Morgan fingerprint density at radius 3 is 2.60 bits per heavy atom. The summed E-state index contributed by atoms with van der Waals surface area (Å²) in [6.07, 6.45) is 1.69. The molecule has 0 radical (unpaired) electrons. The van der Waals surface area contributed by atoms with Crippen molar-refractivity contribution >= 4 is 44.8 Å². The summed E-state index contributed by atoms with van der Waals surface area (Å²) >= 11 is 15.3. The zero-order chi connectivity index (χ0) is 11.3. The second kappa shape index (κ2) is 6.59. The number of aliphatic hydroxyl groups excluding tert-OH is 1. The van der Waals surface area contributed by atoms with E-state index in [1.807, 2.05) is 12.1 Å². The highest BCUT2D eigenvalue weighted by Gasteiger charge is 2.07. The maximum Gasteiger partial charge on any atom is 0.0835 e. The Kier molecular flexibility index (Phi) is 5.75. The molecule has 84 valence electrons. The Bertz CT molecular complexity index is 333. The lowest BCUT2D eigenvalue weighted by Crippen LogP contribution is -2.03. The van der Waals surface area contributed by atoms with Crippen molar-refractivity contribution in [3.05, 3.63) is 26.7 Å². The summed E-state index contributed by atoms with van der Waals surface area (Å²) in [4.78, 5) is 0. The summed E-state index contributed by atoms with van der Waals surface area (Å²) in [7, 11) is 0. The van der Waals surface area contributed by atoms with Gasteiger partial charge in [0, 0.05) is 17.6 Å². The van der Waals surface area contributed by atoms with E-state index in [1.54, 1.807) is 0 Å². The van der Waals surface area contributed by atoms with Crippen LogP contribution in [0.25, 0.3) is 0 Å². The SMILES string of the molecule is OCCCCNc1ccc(Br)c(Cl)c1Cl. The molecule has 1 rings (SSSR count). The zero-order valence-electron chi connectivity index (χ0n) is 8.06. The molecule has 2 nitrogen and oxygen atoms in total. The topological polar surface area (TPSA) is 32.3 Å². The molecular formula is C10H12BrCl2NO. The molecule has 0 bridgehead atoms. The molecule has 0 amide bonds. The first kappa shape index (κ1) is 13.1. The average Bonchev–Trinajstić information content (AvgIpc) is 2.24. The number of anilines is 1. The van der Waals surface area contributed by atoms with Crippen LogP contribution in [0, 0.1) is 0 Å². The van der Waals surface area contributed by atoms with Gasteiger partial charge in [-0.1, -0.05) is 23.2 Å².